The second-order valence-corrected chi connectivity index (χ2v) is 5.74. The maximum absolute atomic E-state index is 12.1. The molecule has 0 radical (unpaired) electrons. The highest BCUT2D eigenvalue weighted by molar-refractivity contribution is 6.35. The molecule has 3 aromatic rings. The number of aromatic nitrogens is 1. The van der Waals surface area contributed by atoms with Crippen LogP contribution in [-0.2, 0) is 0 Å². The molecule has 1 amide bonds. The summed E-state index contributed by atoms with van der Waals surface area (Å²) in [6.07, 6.45) is 1.73. The summed E-state index contributed by atoms with van der Waals surface area (Å²) in [5.74, 6) is -0.764. The van der Waals surface area contributed by atoms with E-state index in [-0.39, 0.29) is 5.96 Å². The number of aliphatic imine (C=N–C) groups is 1. The number of carbonyl (C=O) groups excluding carboxylic acids is 1. The molecule has 0 atom stereocenters. The molecule has 6 heteroatoms. The number of nitrogens with zero attached hydrogens (tertiary/aromatic N) is 2. The molecule has 24 heavy (non-hydrogen) atoms. The fourth-order valence-electron chi connectivity index (χ4n) is 2.63. The fourth-order valence-corrected chi connectivity index (χ4v) is 2.90. The zero-order valence-electron chi connectivity index (χ0n) is 13.0. The molecule has 5 nitrogen and oxygen atoms in total. The van der Waals surface area contributed by atoms with Crippen LogP contribution in [0.1, 0.15) is 16.1 Å². The van der Waals surface area contributed by atoms with Gasteiger partial charge < -0.3 is 11.5 Å². The molecule has 3 rings (SSSR count). The van der Waals surface area contributed by atoms with Gasteiger partial charge in [-0.25, -0.2) is 0 Å². The summed E-state index contributed by atoms with van der Waals surface area (Å²) in [7, 11) is 0. The van der Waals surface area contributed by atoms with Crippen LogP contribution in [0, 0.1) is 6.92 Å². The lowest BCUT2D eigenvalue weighted by Gasteiger charge is -2.12. The van der Waals surface area contributed by atoms with Gasteiger partial charge in [-0.1, -0.05) is 29.8 Å². The van der Waals surface area contributed by atoms with E-state index in [0.29, 0.717) is 10.6 Å². The molecule has 0 unspecified atom stereocenters. The van der Waals surface area contributed by atoms with Gasteiger partial charge >= 0.3 is 0 Å². The summed E-state index contributed by atoms with van der Waals surface area (Å²) >= 11 is 6.45. The van der Waals surface area contributed by atoms with Crippen molar-refractivity contribution in [2.45, 2.75) is 6.92 Å². The summed E-state index contributed by atoms with van der Waals surface area (Å²) in [5.41, 5.74) is 13.6. The van der Waals surface area contributed by atoms with Crippen LogP contribution >= 0.6 is 11.6 Å². The second-order valence-electron chi connectivity index (χ2n) is 5.34. The molecular weight excluding hydrogens is 324 g/mol. The lowest BCUT2D eigenvalue weighted by atomic mass is 9.96. The van der Waals surface area contributed by atoms with Crippen LogP contribution in [0.4, 0.5) is 0 Å². The second kappa shape index (κ2) is 6.29. The molecule has 0 aliphatic carbocycles. The van der Waals surface area contributed by atoms with Gasteiger partial charge in [0.2, 0.25) is 0 Å². The molecular formula is C18H15ClN4O. The van der Waals surface area contributed by atoms with E-state index in [9.17, 15) is 4.79 Å². The van der Waals surface area contributed by atoms with Gasteiger partial charge in [-0.05, 0) is 42.0 Å². The van der Waals surface area contributed by atoms with Crippen molar-refractivity contribution in [3.05, 3.63) is 64.9 Å². The minimum absolute atomic E-state index is 0.269. The van der Waals surface area contributed by atoms with E-state index >= 15 is 0 Å². The number of nitrogens with two attached hydrogens (primary N) is 2. The van der Waals surface area contributed by atoms with E-state index in [1.54, 1.807) is 18.3 Å². The Morgan fingerprint density at radius 1 is 1.17 bits per heavy atom. The Balaban J connectivity index is 2.29. The highest BCUT2D eigenvalue weighted by Crippen LogP contribution is 2.36. The summed E-state index contributed by atoms with van der Waals surface area (Å²) in [6, 6.07) is 12.8. The van der Waals surface area contributed by atoms with E-state index in [0.717, 1.165) is 27.6 Å². The van der Waals surface area contributed by atoms with Crippen LogP contribution in [0.15, 0.2) is 53.7 Å². The SMILES string of the molecule is Cc1ncccc1-c1c(Cl)ccc2ccc(C(=O)N=C(N)N)cc12. The van der Waals surface area contributed by atoms with Crippen LogP contribution in [0.25, 0.3) is 21.9 Å². The van der Waals surface area contributed by atoms with Crippen molar-refractivity contribution in [3.63, 3.8) is 0 Å². The van der Waals surface area contributed by atoms with Crippen LogP contribution < -0.4 is 11.5 Å². The average molecular weight is 339 g/mol. The molecule has 0 bridgehead atoms. The Bertz CT molecular complexity index is 978. The smallest absolute Gasteiger partial charge is 0.280 e. The number of carbonyl (C=O) groups is 1. The number of amides is 1. The van der Waals surface area contributed by atoms with Gasteiger partial charge in [0.25, 0.3) is 5.91 Å². The van der Waals surface area contributed by atoms with E-state index in [1.165, 1.54) is 0 Å². The van der Waals surface area contributed by atoms with Crippen molar-refractivity contribution in [1.82, 2.24) is 4.98 Å². The Labute approximate surface area is 144 Å². The van der Waals surface area contributed by atoms with Crippen molar-refractivity contribution in [1.29, 1.82) is 0 Å². The third-order valence-corrected chi connectivity index (χ3v) is 4.04. The Morgan fingerprint density at radius 3 is 2.62 bits per heavy atom. The van der Waals surface area contributed by atoms with Gasteiger partial charge in [0.1, 0.15) is 0 Å². The Morgan fingerprint density at radius 2 is 1.92 bits per heavy atom. The molecule has 1 aromatic heterocycles. The lowest BCUT2D eigenvalue weighted by Crippen LogP contribution is -2.24. The van der Waals surface area contributed by atoms with Gasteiger partial charge in [0, 0.05) is 33.6 Å². The predicted octanol–water partition coefficient (Wildman–Crippen LogP) is 3.28. The number of pyridine rings is 1. The number of halogens is 1. The molecule has 1 heterocycles. The minimum atomic E-state index is -0.495. The van der Waals surface area contributed by atoms with Gasteiger partial charge in [0.15, 0.2) is 5.96 Å². The third-order valence-electron chi connectivity index (χ3n) is 3.72. The fraction of sp³-hybridized carbons (Fsp3) is 0.0556. The summed E-state index contributed by atoms with van der Waals surface area (Å²) in [4.78, 5) is 20.0. The van der Waals surface area contributed by atoms with E-state index in [4.69, 9.17) is 23.1 Å². The first-order valence-corrected chi connectivity index (χ1v) is 7.63. The highest BCUT2D eigenvalue weighted by Gasteiger charge is 2.14. The van der Waals surface area contributed by atoms with Crippen molar-refractivity contribution in [2.75, 3.05) is 0 Å². The van der Waals surface area contributed by atoms with Crippen LogP contribution in [0.2, 0.25) is 5.02 Å². The van der Waals surface area contributed by atoms with E-state index < -0.39 is 5.91 Å². The quantitative estimate of drug-likeness (QED) is 0.553. The number of fused-ring (bicyclic) bond motifs is 1. The summed E-state index contributed by atoms with van der Waals surface area (Å²) in [5, 5.41) is 2.39. The Kier molecular flexibility index (Phi) is 4.18. The van der Waals surface area contributed by atoms with Crippen LogP contribution in [0.3, 0.4) is 0 Å². The number of hydrogen-bond acceptors (Lipinski definition) is 2. The first-order chi connectivity index (χ1) is 11.5. The maximum Gasteiger partial charge on any atom is 0.280 e. The molecule has 0 spiro atoms. The van der Waals surface area contributed by atoms with Crippen LogP contribution in [0.5, 0.6) is 0 Å². The first kappa shape index (κ1) is 16.0. The number of guanidine groups is 1. The zero-order valence-corrected chi connectivity index (χ0v) is 13.7. The van der Waals surface area contributed by atoms with Crippen molar-refractivity contribution in [2.24, 2.45) is 16.5 Å². The highest BCUT2D eigenvalue weighted by atomic mass is 35.5. The van der Waals surface area contributed by atoms with Crippen molar-refractivity contribution in [3.8, 4) is 11.1 Å². The topological polar surface area (TPSA) is 94.4 Å². The lowest BCUT2D eigenvalue weighted by molar-refractivity contribution is 0.100. The van der Waals surface area contributed by atoms with Gasteiger partial charge in [-0.15, -0.1) is 0 Å². The van der Waals surface area contributed by atoms with E-state index in [1.807, 2.05) is 37.3 Å². The third kappa shape index (κ3) is 2.94. The number of benzene rings is 2. The average Bonchev–Trinajstić information content (AvgIpc) is 2.54. The zero-order chi connectivity index (χ0) is 17.3. The Hall–Kier alpha value is -2.92. The molecule has 0 fully saturated rings. The number of rotatable bonds is 2. The summed E-state index contributed by atoms with van der Waals surface area (Å²) < 4.78 is 0. The standard InChI is InChI=1S/C18H15ClN4O/c1-10-13(3-2-8-22-10)16-14-9-12(17(24)23-18(20)21)5-4-11(14)6-7-15(16)19/h2-9H,1H3,(H4,20,21,23,24). The molecule has 0 saturated heterocycles. The monoisotopic (exact) mass is 338 g/mol. The van der Waals surface area contributed by atoms with Gasteiger partial charge in [-0.3, -0.25) is 9.78 Å². The molecule has 0 saturated carbocycles. The minimum Gasteiger partial charge on any atom is -0.370 e. The van der Waals surface area contributed by atoms with Gasteiger partial charge in [0.05, 0.1) is 0 Å². The van der Waals surface area contributed by atoms with Gasteiger partial charge in [-0.2, -0.15) is 4.99 Å². The molecule has 0 aliphatic rings. The first-order valence-electron chi connectivity index (χ1n) is 7.25. The number of hydrogen-bond donors (Lipinski definition) is 2. The maximum atomic E-state index is 12.1. The molecule has 0 aliphatic heterocycles. The predicted molar refractivity (Wildman–Crippen MR) is 97.1 cm³/mol. The van der Waals surface area contributed by atoms with E-state index in [2.05, 4.69) is 9.98 Å². The summed E-state index contributed by atoms with van der Waals surface area (Å²) in [6.45, 7) is 1.92. The molecule has 2 aromatic carbocycles. The normalized spacial score (nSPS) is 10.6. The molecule has 120 valence electrons. The van der Waals surface area contributed by atoms with Crippen LogP contribution in [-0.4, -0.2) is 16.9 Å². The van der Waals surface area contributed by atoms with Crippen molar-refractivity contribution < 1.29 is 4.79 Å². The largest absolute Gasteiger partial charge is 0.370 e. The van der Waals surface area contributed by atoms with Crippen molar-refractivity contribution >= 4 is 34.2 Å². The number of aryl methyl sites for hydroxylation is 1. The molecule has 4 N–H and O–H groups in total.